The van der Waals surface area contributed by atoms with Crippen molar-refractivity contribution in [2.75, 3.05) is 5.32 Å². The van der Waals surface area contributed by atoms with E-state index in [1.807, 2.05) is 0 Å². The Bertz CT molecular complexity index is 621. The number of halogens is 1. The first-order chi connectivity index (χ1) is 7.97. The fraction of sp³-hybridized carbons (Fsp3) is 0.100. The first kappa shape index (κ1) is 11.6. The third kappa shape index (κ3) is 2.28. The van der Waals surface area contributed by atoms with Crippen LogP contribution in [0.15, 0.2) is 16.6 Å². The van der Waals surface area contributed by atoms with Crippen LogP contribution in [-0.2, 0) is 4.79 Å². The number of carboxylic acids is 1. The van der Waals surface area contributed by atoms with Gasteiger partial charge in [0.05, 0.1) is 11.1 Å². The third-order valence-corrected chi connectivity index (χ3v) is 2.69. The molecule has 0 aliphatic rings. The van der Waals surface area contributed by atoms with Crippen molar-refractivity contribution in [2.45, 2.75) is 6.92 Å². The summed E-state index contributed by atoms with van der Waals surface area (Å²) in [5, 5.41) is 11.4. The van der Waals surface area contributed by atoms with Crippen molar-refractivity contribution >= 4 is 44.8 Å². The summed E-state index contributed by atoms with van der Waals surface area (Å²) >= 11 is 3.24. The molecule has 0 bridgehead atoms. The third-order valence-electron chi connectivity index (χ3n) is 2.08. The Labute approximate surface area is 104 Å². The van der Waals surface area contributed by atoms with Gasteiger partial charge in [-0.15, -0.1) is 0 Å². The number of amides is 1. The number of hydrogen-bond acceptors (Lipinski definition) is 3. The van der Waals surface area contributed by atoms with E-state index in [1.165, 1.54) is 19.1 Å². The van der Waals surface area contributed by atoms with Gasteiger partial charge in [-0.25, -0.2) is 9.78 Å². The lowest BCUT2D eigenvalue weighted by Gasteiger charge is -1.96. The predicted molar refractivity (Wildman–Crippen MR) is 65.1 cm³/mol. The number of aromatic nitrogens is 2. The molecule has 88 valence electrons. The molecule has 0 saturated heterocycles. The largest absolute Gasteiger partial charge is 0.478 e. The van der Waals surface area contributed by atoms with Gasteiger partial charge in [0.25, 0.3) is 0 Å². The van der Waals surface area contributed by atoms with Gasteiger partial charge >= 0.3 is 5.97 Å². The van der Waals surface area contributed by atoms with Crippen molar-refractivity contribution in [2.24, 2.45) is 0 Å². The molecule has 0 radical (unpaired) electrons. The highest BCUT2D eigenvalue weighted by Gasteiger charge is 2.11. The molecule has 1 amide bonds. The maximum Gasteiger partial charge on any atom is 0.335 e. The highest BCUT2D eigenvalue weighted by atomic mass is 79.9. The predicted octanol–water partition coefficient (Wildman–Crippen LogP) is 1.98. The van der Waals surface area contributed by atoms with E-state index in [0.29, 0.717) is 15.5 Å². The molecular weight excluding hydrogens is 290 g/mol. The second-order valence-electron chi connectivity index (χ2n) is 3.43. The van der Waals surface area contributed by atoms with Crippen LogP contribution in [-0.4, -0.2) is 27.0 Å². The Balaban J connectivity index is 2.56. The first-order valence-electron chi connectivity index (χ1n) is 4.67. The molecule has 0 aliphatic carbocycles. The highest BCUT2D eigenvalue weighted by molar-refractivity contribution is 9.10. The summed E-state index contributed by atoms with van der Waals surface area (Å²) < 4.78 is 0.556. The highest BCUT2D eigenvalue weighted by Crippen LogP contribution is 2.25. The minimum absolute atomic E-state index is 0.141. The number of aromatic carboxylic acids is 1. The van der Waals surface area contributed by atoms with Crippen LogP contribution in [0, 0.1) is 0 Å². The van der Waals surface area contributed by atoms with Crippen LogP contribution in [0.5, 0.6) is 0 Å². The number of aromatic amines is 1. The van der Waals surface area contributed by atoms with Crippen molar-refractivity contribution in [3.8, 4) is 0 Å². The van der Waals surface area contributed by atoms with E-state index >= 15 is 0 Å². The number of anilines is 1. The number of hydrogen-bond donors (Lipinski definition) is 3. The van der Waals surface area contributed by atoms with E-state index in [0.717, 1.165) is 0 Å². The van der Waals surface area contributed by atoms with E-state index in [1.54, 1.807) is 0 Å². The van der Waals surface area contributed by atoms with Gasteiger partial charge in [-0.1, -0.05) is 0 Å². The summed E-state index contributed by atoms with van der Waals surface area (Å²) in [5.41, 5.74) is 1.25. The van der Waals surface area contributed by atoms with Gasteiger partial charge in [0.15, 0.2) is 0 Å². The van der Waals surface area contributed by atoms with E-state index in [-0.39, 0.29) is 17.4 Å². The van der Waals surface area contributed by atoms with Gasteiger partial charge in [-0.05, 0) is 28.1 Å². The van der Waals surface area contributed by atoms with Crippen LogP contribution in [0.3, 0.4) is 0 Å². The molecule has 0 aliphatic heterocycles. The number of carbonyl (C=O) groups excluding carboxylic acids is 1. The minimum atomic E-state index is -1.02. The van der Waals surface area contributed by atoms with Crippen LogP contribution < -0.4 is 5.32 Å². The van der Waals surface area contributed by atoms with Gasteiger partial charge in [-0.3, -0.25) is 10.1 Å². The summed E-state index contributed by atoms with van der Waals surface area (Å²) in [5.74, 6) is -0.988. The molecule has 1 aromatic heterocycles. The van der Waals surface area contributed by atoms with E-state index in [4.69, 9.17) is 5.11 Å². The number of H-pyrrole nitrogens is 1. The molecule has 0 unspecified atom stereocenters. The van der Waals surface area contributed by atoms with Gasteiger partial charge in [0.1, 0.15) is 5.52 Å². The number of carboxylic acid groups (broad SMARTS) is 1. The van der Waals surface area contributed by atoms with Crippen molar-refractivity contribution in [3.05, 3.63) is 22.2 Å². The molecule has 2 rings (SSSR count). The fourth-order valence-corrected chi connectivity index (χ4v) is 1.97. The van der Waals surface area contributed by atoms with Crippen molar-refractivity contribution in [1.82, 2.24) is 9.97 Å². The quantitative estimate of drug-likeness (QED) is 0.790. The summed E-state index contributed by atoms with van der Waals surface area (Å²) in [6, 6.07) is 2.92. The molecule has 2 aromatic rings. The maximum atomic E-state index is 10.9. The molecule has 3 N–H and O–H groups in total. The van der Waals surface area contributed by atoms with Crippen molar-refractivity contribution in [1.29, 1.82) is 0 Å². The summed E-state index contributed by atoms with van der Waals surface area (Å²) in [7, 11) is 0. The molecule has 0 atom stereocenters. The fourth-order valence-electron chi connectivity index (χ4n) is 1.42. The van der Waals surface area contributed by atoms with Crippen LogP contribution in [0.2, 0.25) is 0 Å². The molecule has 0 spiro atoms. The lowest BCUT2D eigenvalue weighted by molar-refractivity contribution is -0.114. The smallest absolute Gasteiger partial charge is 0.335 e. The lowest BCUT2D eigenvalue weighted by Crippen LogP contribution is -2.06. The Morgan fingerprint density at radius 3 is 2.76 bits per heavy atom. The molecule has 0 saturated carbocycles. The topological polar surface area (TPSA) is 95.1 Å². The average Bonchev–Trinajstić information content (AvgIpc) is 2.59. The number of imidazole rings is 1. The molecule has 0 fully saturated rings. The van der Waals surface area contributed by atoms with Gasteiger partial charge in [0.2, 0.25) is 11.9 Å². The SMILES string of the molecule is CC(=O)Nc1nc2c(Br)cc(C(=O)O)cc2[nH]1. The Hall–Kier alpha value is -1.89. The zero-order chi connectivity index (χ0) is 12.6. The summed E-state index contributed by atoms with van der Waals surface area (Å²) in [6.45, 7) is 1.37. The summed E-state index contributed by atoms with van der Waals surface area (Å²) in [6.07, 6.45) is 0. The molecule has 1 heterocycles. The zero-order valence-electron chi connectivity index (χ0n) is 8.74. The molecule has 7 heteroatoms. The molecule has 6 nitrogen and oxygen atoms in total. The van der Waals surface area contributed by atoms with Crippen molar-refractivity contribution in [3.63, 3.8) is 0 Å². The van der Waals surface area contributed by atoms with E-state index in [2.05, 4.69) is 31.2 Å². The summed E-state index contributed by atoms with van der Waals surface area (Å²) in [4.78, 5) is 28.7. The van der Waals surface area contributed by atoms with Crippen molar-refractivity contribution < 1.29 is 14.7 Å². The number of benzene rings is 1. The number of carbonyl (C=O) groups is 2. The lowest BCUT2D eigenvalue weighted by atomic mass is 10.2. The normalized spacial score (nSPS) is 10.5. The number of rotatable bonds is 2. The number of fused-ring (bicyclic) bond motifs is 1. The average molecular weight is 298 g/mol. The zero-order valence-corrected chi connectivity index (χ0v) is 10.3. The first-order valence-corrected chi connectivity index (χ1v) is 5.47. The molecular formula is C10H8BrN3O3. The van der Waals surface area contributed by atoms with Crippen LogP contribution >= 0.6 is 15.9 Å². The van der Waals surface area contributed by atoms with E-state index < -0.39 is 5.97 Å². The number of nitrogens with zero attached hydrogens (tertiary/aromatic N) is 1. The van der Waals surface area contributed by atoms with Crippen LogP contribution in [0.1, 0.15) is 17.3 Å². The van der Waals surface area contributed by atoms with Gasteiger partial charge in [0, 0.05) is 11.4 Å². The second-order valence-corrected chi connectivity index (χ2v) is 4.28. The maximum absolute atomic E-state index is 10.9. The van der Waals surface area contributed by atoms with Gasteiger partial charge in [-0.2, -0.15) is 0 Å². The number of nitrogens with one attached hydrogen (secondary N) is 2. The van der Waals surface area contributed by atoms with E-state index in [9.17, 15) is 9.59 Å². The molecule has 17 heavy (non-hydrogen) atoms. The standard InChI is InChI=1S/C10H8BrN3O3/c1-4(15)12-10-13-7-3-5(9(16)17)2-6(11)8(7)14-10/h2-3H,1H3,(H,16,17)(H2,12,13,14,15). The monoisotopic (exact) mass is 297 g/mol. The van der Waals surface area contributed by atoms with Crippen LogP contribution in [0.4, 0.5) is 5.95 Å². The second kappa shape index (κ2) is 4.17. The van der Waals surface area contributed by atoms with Gasteiger partial charge < -0.3 is 10.1 Å². The minimum Gasteiger partial charge on any atom is -0.478 e. The Kier molecular flexibility index (Phi) is 2.84. The van der Waals surface area contributed by atoms with Crippen LogP contribution in [0.25, 0.3) is 11.0 Å². The molecule has 1 aromatic carbocycles. The Morgan fingerprint density at radius 2 is 2.18 bits per heavy atom. The Morgan fingerprint density at radius 1 is 1.47 bits per heavy atom.